The van der Waals surface area contributed by atoms with Crippen LogP contribution in [0.2, 0.25) is 5.02 Å². The largest absolute Gasteiger partial charge is 0.398 e. The van der Waals surface area contributed by atoms with E-state index >= 15 is 0 Å². The Kier molecular flexibility index (Phi) is 4.44. The number of nitrogens with zero attached hydrogens (tertiary/aromatic N) is 1. The molecule has 0 atom stereocenters. The molecule has 0 aliphatic carbocycles. The maximum atomic E-state index is 12.1. The van der Waals surface area contributed by atoms with Crippen LogP contribution in [-0.2, 0) is 0 Å². The van der Waals surface area contributed by atoms with E-state index in [0.717, 1.165) is 0 Å². The third-order valence-electron chi connectivity index (χ3n) is 2.66. The fourth-order valence-corrected chi connectivity index (χ4v) is 2.05. The summed E-state index contributed by atoms with van der Waals surface area (Å²) in [5.74, 6) is -0.500. The number of anilines is 2. The Balaban J connectivity index is 2.31. The molecular formula is C13H9BrClN3O3. The number of nitrogens with one attached hydrogen (secondary N) is 1. The molecule has 0 aromatic heterocycles. The van der Waals surface area contributed by atoms with E-state index in [0.29, 0.717) is 15.7 Å². The van der Waals surface area contributed by atoms with Crippen molar-refractivity contribution in [3.8, 4) is 0 Å². The summed E-state index contributed by atoms with van der Waals surface area (Å²) in [7, 11) is 0. The molecule has 3 N–H and O–H groups in total. The zero-order valence-electron chi connectivity index (χ0n) is 10.5. The van der Waals surface area contributed by atoms with Gasteiger partial charge in [0.05, 0.1) is 4.92 Å². The SMILES string of the molecule is Nc1cc(C(=O)Nc2ccc(Cl)cc2[N+](=O)[O-])ccc1Br. The van der Waals surface area contributed by atoms with Crippen molar-refractivity contribution >= 4 is 50.5 Å². The highest BCUT2D eigenvalue weighted by molar-refractivity contribution is 9.10. The second-order valence-corrected chi connectivity index (χ2v) is 5.40. The Morgan fingerprint density at radius 2 is 2.00 bits per heavy atom. The molecule has 6 nitrogen and oxygen atoms in total. The first-order chi connectivity index (χ1) is 9.88. The molecule has 0 radical (unpaired) electrons. The number of nitrogens with two attached hydrogens (primary N) is 1. The Morgan fingerprint density at radius 3 is 2.62 bits per heavy atom. The molecule has 2 aromatic carbocycles. The summed E-state index contributed by atoms with van der Waals surface area (Å²) in [6.07, 6.45) is 0. The van der Waals surface area contributed by atoms with Crippen molar-refractivity contribution in [2.24, 2.45) is 0 Å². The van der Waals surface area contributed by atoms with Crippen molar-refractivity contribution in [2.45, 2.75) is 0 Å². The first kappa shape index (κ1) is 15.3. The predicted octanol–water partition coefficient (Wildman–Crippen LogP) is 3.85. The number of hydrogen-bond acceptors (Lipinski definition) is 4. The first-order valence-electron chi connectivity index (χ1n) is 5.69. The standard InChI is InChI=1S/C13H9BrClN3O3/c14-9-3-1-7(5-10(9)16)13(19)17-11-4-2-8(15)6-12(11)18(20)21/h1-6H,16H2,(H,17,19). The van der Waals surface area contributed by atoms with Crippen LogP contribution >= 0.6 is 27.5 Å². The van der Waals surface area contributed by atoms with Crippen molar-refractivity contribution < 1.29 is 9.72 Å². The summed E-state index contributed by atoms with van der Waals surface area (Å²) in [5, 5.41) is 13.6. The van der Waals surface area contributed by atoms with Gasteiger partial charge >= 0.3 is 0 Å². The average Bonchev–Trinajstić information content (AvgIpc) is 2.43. The van der Waals surface area contributed by atoms with E-state index in [4.69, 9.17) is 17.3 Å². The van der Waals surface area contributed by atoms with Gasteiger partial charge in [-0.3, -0.25) is 14.9 Å². The van der Waals surface area contributed by atoms with E-state index in [9.17, 15) is 14.9 Å². The predicted molar refractivity (Wildman–Crippen MR) is 84.6 cm³/mol. The fourth-order valence-electron chi connectivity index (χ4n) is 1.64. The van der Waals surface area contributed by atoms with Crippen molar-refractivity contribution in [1.82, 2.24) is 0 Å². The topological polar surface area (TPSA) is 98.3 Å². The van der Waals surface area contributed by atoms with E-state index < -0.39 is 10.8 Å². The summed E-state index contributed by atoms with van der Waals surface area (Å²) >= 11 is 8.94. The normalized spacial score (nSPS) is 10.2. The van der Waals surface area contributed by atoms with Crippen LogP contribution in [-0.4, -0.2) is 10.8 Å². The molecule has 2 rings (SSSR count). The maximum absolute atomic E-state index is 12.1. The van der Waals surface area contributed by atoms with E-state index in [1.54, 1.807) is 12.1 Å². The number of hydrogen-bond donors (Lipinski definition) is 2. The molecule has 2 aromatic rings. The van der Waals surface area contributed by atoms with Gasteiger partial charge in [0.1, 0.15) is 5.69 Å². The molecular weight excluding hydrogens is 362 g/mol. The molecule has 1 amide bonds. The smallest absolute Gasteiger partial charge is 0.294 e. The molecule has 0 bridgehead atoms. The van der Waals surface area contributed by atoms with Crippen LogP contribution in [0.5, 0.6) is 0 Å². The van der Waals surface area contributed by atoms with Gasteiger partial charge < -0.3 is 11.1 Å². The lowest BCUT2D eigenvalue weighted by Crippen LogP contribution is -2.13. The Morgan fingerprint density at radius 1 is 1.29 bits per heavy atom. The number of nitro benzene ring substituents is 1. The number of nitro groups is 1. The minimum absolute atomic E-state index is 0.0656. The average molecular weight is 371 g/mol. The molecule has 0 aliphatic heterocycles. The highest BCUT2D eigenvalue weighted by Crippen LogP contribution is 2.28. The first-order valence-corrected chi connectivity index (χ1v) is 6.86. The third-order valence-corrected chi connectivity index (χ3v) is 3.62. The van der Waals surface area contributed by atoms with Crippen molar-refractivity contribution in [1.29, 1.82) is 0 Å². The summed E-state index contributed by atoms with van der Waals surface area (Å²) in [4.78, 5) is 22.4. The number of amides is 1. The van der Waals surface area contributed by atoms with Gasteiger partial charge in [-0.25, -0.2) is 0 Å². The Bertz CT molecular complexity index is 737. The van der Waals surface area contributed by atoms with Gasteiger partial charge in [-0.1, -0.05) is 11.6 Å². The summed E-state index contributed by atoms with van der Waals surface area (Å²) < 4.78 is 0.663. The van der Waals surface area contributed by atoms with Gasteiger partial charge in [0, 0.05) is 26.8 Å². The maximum Gasteiger partial charge on any atom is 0.294 e. The van der Waals surface area contributed by atoms with Crippen LogP contribution in [0.3, 0.4) is 0 Å². The number of rotatable bonds is 3. The molecule has 8 heteroatoms. The second-order valence-electron chi connectivity index (χ2n) is 4.11. The highest BCUT2D eigenvalue weighted by atomic mass is 79.9. The third kappa shape index (κ3) is 3.50. The van der Waals surface area contributed by atoms with Crippen molar-refractivity contribution in [3.05, 3.63) is 61.6 Å². The number of carbonyl (C=O) groups is 1. The summed E-state index contributed by atoms with van der Waals surface area (Å²) in [6.45, 7) is 0. The molecule has 0 heterocycles. The highest BCUT2D eigenvalue weighted by Gasteiger charge is 2.17. The molecule has 0 fully saturated rings. The van der Waals surface area contributed by atoms with Crippen LogP contribution in [0.25, 0.3) is 0 Å². The lowest BCUT2D eigenvalue weighted by molar-refractivity contribution is -0.383. The van der Waals surface area contributed by atoms with Gasteiger partial charge in [0.15, 0.2) is 0 Å². The zero-order chi connectivity index (χ0) is 15.6. The molecule has 0 saturated carbocycles. The van der Waals surface area contributed by atoms with E-state index in [1.807, 2.05) is 0 Å². The zero-order valence-corrected chi connectivity index (χ0v) is 12.8. The van der Waals surface area contributed by atoms with Crippen molar-refractivity contribution in [3.63, 3.8) is 0 Å². The minimum atomic E-state index is -0.614. The van der Waals surface area contributed by atoms with Gasteiger partial charge in [0.2, 0.25) is 0 Å². The molecule has 0 aliphatic rings. The van der Waals surface area contributed by atoms with E-state index in [1.165, 1.54) is 24.3 Å². The van der Waals surface area contributed by atoms with Crippen LogP contribution in [0, 0.1) is 10.1 Å². The summed E-state index contributed by atoms with van der Waals surface area (Å²) in [6, 6.07) is 8.66. The van der Waals surface area contributed by atoms with Gasteiger partial charge in [-0.15, -0.1) is 0 Å². The van der Waals surface area contributed by atoms with Crippen LogP contribution in [0.1, 0.15) is 10.4 Å². The van der Waals surface area contributed by atoms with Gasteiger partial charge in [-0.05, 0) is 46.3 Å². The molecule has 21 heavy (non-hydrogen) atoms. The van der Waals surface area contributed by atoms with Crippen LogP contribution in [0.15, 0.2) is 40.9 Å². The lowest BCUT2D eigenvalue weighted by Gasteiger charge is -2.07. The molecule has 108 valence electrons. The van der Waals surface area contributed by atoms with Crippen molar-refractivity contribution in [2.75, 3.05) is 11.1 Å². The van der Waals surface area contributed by atoms with E-state index in [-0.39, 0.29) is 16.4 Å². The minimum Gasteiger partial charge on any atom is -0.398 e. The van der Waals surface area contributed by atoms with Crippen LogP contribution in [0.4, 0.5) is 17.1 Å². The second kappa shape index (κ2) is 6.11. The molecule has 0 spiro atoms. The molecule has 0 saturated heterocycles. The number of benzene rings is 2. The van der Waals surface area contributed by atoms with Gasteiger partial charge in [0.25, 0.3) is 11.6 Å². The number of nitrogen functional groups attached to an aromatic ring is 1. The monoisotopic (exact) mass is 369 g/mol. The molecule has 0 unspecified atom stereocenters. The Labute approximate surface area is 133 Å². The summed E-state index contributed by atoms with van der Waals surface area (Å²) in [5.41, 5.74) is 6.17. The fraction of sp³-hybridized carbons (Fsp3) is 0. The number of halogens is 2. The van der Waals surface area contributed by atoms with Gasteiger partial charge in [-0.2, -0.15) is 0 Å². The van der Waals surface area contributed by atoms with E-state index in [2.05, 4.69) is 21.2 Å². The lowest BCUT2D eigenvalue weighted by atomic mass is 10.2. The Hall–Kier alpha value is -2.12. The quantitative estimate of drug-likeness (QED) is 0.487. The number of carbonyl (C=O) groups excluding carboxylic acids is 1. The van der Waals surface area contributed by atoms with Crippen LogP contribution < -0.4 is 11.1 Å².